The Morgan fingerprint density at radius 2 is 2.15 bits per heavy atom. The molecule has 0 amide bonds. The molecule has 6 heteroatoms. The molecular weight excluding hydrogens is 344 g/mol. The maximum atomic E-state index is 11.0. The Bertz CT molecular complexity index is 746. The van der Waals surface area contributed by atoms with E-state index < -0.39 is 5.60 Å². The third kappa shape index (κ3) is 4.51. The van der Waals surface area contributed by atoms with Gasteiger partial charge in [-0.15, -0.1) is 0 Å². The second kappa shape index (κ2) is 8.00. The molecular formula is C21H28N2O4. The molecule has 0 radical (unpaired) electrons. The van der Waals surface area contributed by atoms with Crippen molar-refractivity contribution in [3.05, 3.63) is 36.1 Å². The number of likely N-dealkylation sites (tertiary alicyclic amines) is 1. The maximum Gasteiger partial charge on any atom is 0.140 e. The summed E-state index contributed by atoms with van der Waals surface area (Å²) in [5.74, 6) is 2.17. The molecule has 27 heavy (non-hydrogen) atoms. The summed E-state index contributed by atoms with van der Waals surface area (Å²) in [5, 5.41) is 15.2. The van der Waals surface area contributed by atoms with Gasteiger partial charge in [0.25, 0.3) is 0 Å². The van der Waals surface area contributed by atoms with Gasteiger partial charge in [-0.1, -0.05) is 17.3 Å². The number of piperidine rings is 1. The summed E-state index contributed by atoms with van der Waals surface area (Å²) in [5.41, 5.74) is 1.00. The van der Waals surface area contributed by atoms with Crippen LogP contribution in [0.4, 0.5) is 0 Å². The monoisotopic (exact) mass is 372 g/mol. The highest BCUT2D eigenvalue weighted by Gasteiger charge is 2.34. The number of nitrogens with zero attached hydrogens (tertiary/aromatic N) is 2. The van der Waals surface area contributed by atoms with Crippen LogP contribution in [0.5, 0.6) is 5.75 Å². The molecule has 0 saturated carbocycles. The summed E-state index contributed by atoms with van der Waals surface area (Å²) in [7, 11) is 1.65. The predicted molar refractivity (Wildman–Crippen MR) is 102 cm³/mol. The molecule has 0 unspecified atom stereocenters. The molecule has 2 fully saturated rings. The lowest BCUT2D eigenvalue weighted by Gasteiger charge is -2.38. The van der Waals surface area contributed by atoms with Crippen molar-refractivity contribution >= 4 is 0 Å². The van der Waals surface area contributed by atoms with Gasteiger partial charge in [-0.05, 0) is 37.3 Å². The average Bonchev–Trinajstić information content (AvgIpc) is 3.36. The molecule has 1 N–H and O–H groups in total. The summed E-state index contributed by atoms with van der Waals surface area (Å²) in [6, 6.07) is 9.67. The second-order valence-corrected chi connectivity index (χ2v) is 7.84. The standard InChI is InChI=1S/C21H28N2O4/c1-25-18-4-2-3-17(11-18)20-12-19(27-22-20)13-21(24)6-8-23(9-7-21)14-16-5-10-26-15-16/h2-4,11-12,16,24H,5-10,13-15H2,1H3/t16-/m0/s1. The first-order chi connectivity index (χ1) is 13.1. The van der Waals surface area contributed by atoms with Gasteiger partial charge in [0.05, 0.1) is 19.3 Å². The minimum Gasteiger partial charge on any atom is -0.497 e. The fraction of sp³-hybridized carbons (Fsp3) is 0.571. The van der Waals surface area contributed by atoms with Crippen LogP contribution in [0.1, 0.15) is 25.0 Å². The van der Waals surface area contributed by atoms with Crippen molar-refractivity contribution in [2.45, 2.75) is 31.3 Å². The number of aromatic nitrogens is 1. The number of hydrogen-bond acceptors (Lipinski definition) is 6. The fourth-order valence-corrected chi connectivity index (χ4v) is 4.06. The number of benzene rings is 1. The van der Waals surface area contributed by atoms with Crippen molar-refractivity contribution < 1.29 is 19.1 Å². The highest BCUT2D eigenvalue weighted by Crippen LogP contribution is 2.30. The first-order valence-electron chi connectivity index (χ1n) is 9.76. The molecule has 1 aromatic carbocycles. The van der Waals surface area contributed by atoms with Gasteiger partial charge in [-0.3, -0.25) is 0 Å². The summed E-state index contributed by atoms with van der Waals surface area (Å²) in [6.45, 7) is 4.70. The van der Waals surface area contributed by atoms with Gasteiger partial charge in [0.15, 0.2) is 0 Å². The van der Waals surface area contributed by atoms with Crippen molar-refractivity contribution in [1.29, 1.82) is 0 Å². The number of aliphatic hydroxyl groups is 1. The van der Waals surface area contributed by atoms with E-state index in [1.807, 2.05) is 30.3 Å². The van der Waals surface area contributed by atoms with E-state index in [9.17, 15) is 5.11 Å². The number of hydrogen-bond donors (Lipinski definition) is 1. The Balaban J connectivity index is 1.34. The van der Waals surface area contributed by atoms with Crippen molar-refractivity contribution in [3.8, 4) is 17.0 Å². The van der Waals surface area contributed by atoms with Crippen LogP contribution in [0.25, 0.3) is 11.3 Å². The lowest BCUT2D eigenvalue weighted by molar-refractivity contribution is -0.0277. The van der Waals surface area contributed by atoms with Gasteiger partial charge in [0.1, 0.15) is 17.2 Å². The molecule has 2 aliphatic rings. The average molecular weight is 372 g/mol. The van der Waals surface area contributed by atoms with Crippen LogP contribution in [0, 0.1) is 5.92 Å². The molecule has 0 aliphatic carbocycles. The van der Waals surface area contributed by atoms with Crippen LogP contribution in [-0.2, 0) is 11.2 Å². The van der Waals surface area contributed by atoms with E-state index >= 15 is 0 Å². The van der Waals surface area contributed by atoms with E-state index in [0.717, 1.165) is 74.9 Å². The third-order valence-electron chi connectivity index (χ3n) is 5.75. The zero-order valence-electron chi connectivity index (χ0n) is 15.9. The molecule has 1 aromatic heterocycles. The van der Waals surface area contributed by atoms with Crippen LogP contribution < -0.4 is 4.74 Å². The van der Waals surface area contributed by atoms with Crippen molar-refractivity contribution in [2.24, 2.45) is 5.92 Å². The smallest absolute Gasteiger partial charge is 0.140 e. The maximum absolute atomic E-state index is 11.0. The quantitative estimate of drug-likeness (QED) is 0.841. The van der Waals surface area contributed by atoms with Crippen LogP contribution in [-0.4, -0.2) is 60.7 Å². The molecule has 0 spiro atoms. The number of rotatable bonds is 6. The molecule has 146 valence electrons. The van der Waals surface area contributed by atoms with E-state index in [-0.39, 0.29) is 0 Å². The van der Waals surface area contributed by atoms with Crippen LogP contribution >= 0.6 is 0 Å². The molecule has 2 aromatic rings. The Hall–Kier alpha value is -1.89. The SMILES string of the molecule is COc1cccc(-c2cc(CC3(O)CCN(C[C@@H]4CCOC4)CC3)on2)c1. The minimum absolute atomic E-state index is 0.504. The molecule has 6 nitrogen and oxygen atoms in total. The topological polar surface area (TPSA) is 68.0 Å². The normalized spacial score (nSPS) is 22.8. The zero-order chi connectivity index (χ0) is 18.7. The molecule has 3 heterocycles. The van der Waals surface area contributed by atoms with Gasteiger partial charge < -0.3 is 24.0 Å². The summed E-state index contributed by atoms with van der Waals surface area (Å²) in [6.07, 6.45) is 3.18. The molecule has 4 rings (SSSR count). The Morgan fingerprint density at radius 1 is 1.30 bits per heavy atom. The Kier molecular flexibility index (Phi) is 5.48. The molecule has 2 aliphatic heterocycles. The fourth-order valence-electron chi connectivity index (χ4n) is 4.06. The summed E-state index contributed by atoms with van der Waals surface area (Å²) < 4.78 is 16.2. The Morgan fingerprint density at radius 3 is 2.89 bits per heavy atom. The van der Waals surface area contributed by atoms with Crippen LogP contribution in [0.15, 0.2) is 34.9 Å². The van der Waals surface area contributed by atoms with Crippen LogP contribution in [0.2, 0.25) is 0 Å². The highest BCUT2D eigenvalue weighted by molar-refractivity contribution is 5.60. The van der Waals surface area contributed by atoms with Gasteiger partial charge in [-0.2, -0.15) is 0 Å². The first-order valence-corrected chi connectivity index (χ1v) is 9.76. The summed E-state index contributed by atoms with van der Waals surface area (Å²) >= 11 is 0. The first kappa shape index (κ1) is 18.5. The van der Waals surface area contributed by atoms with Gasteiger partial charge in [-0.25, -0.2) is 0 Å². The van der Waals surface area contributed by atoms with E-state index in [4.69, 9.17) is 14.0 Å². The molecule has 1 atom stereocenters. The van der Waals surface area contributed by atoms with Crippen LogP contribution in [0.3, 0.4) is 0 Å². The lowest BCUT2D eigenvalue weighted by Crippen LogP contribution is -2.46. The van der Waals surface area contributed by atoms with Gasteiger partial charge in [0, 0.05) is 44.3 Å². The van der Waals surface area contributed by atoms with Crippen molar-refractivity contribution in [3.63, 3.8) is 0 Å². The van der Waals surface area contributed by atoms with E-state index in [2.05, 4.69) is 10.1 Å². The molecule has 2 saturated heterocycles. The molecule has 0 bridgehead atoms. The van der Waals surface area contributed by atoms with Crippen molar-refractivity contribution in [2.75, 3.05) is 40.0 Å². The van der Waals surface area contributed by atoms with Gasteiger partial charge >= 0.3 is 0 Å². The summed E-state index contributed by atoms with van der Waals surface area (Å²) in [4.78, 5) is 2.45. The Labute approximate surface area is 160 Å². The predicted octanol–water partition coefficient (Wildman–Crippen LogP) is 2.76. The minimum atomic E-state index is -0.714. The number of ether oxygens (including phenoxy) is 2. The zero-order valence-corrected chi connectivity index (χ0v) is 15.9. The lowest BCUT2D eigenvalue weighted by atomic mass is 9.87. The largest absolute Gasteiger partial charge is 0.497 e. The van der Waals surface area contributed by atoms with Crippen molar-refractivity contribution in [1.82, 2.24) is 10.1 Å². The second-order valence-electron chi connectivity index (χ2n) is 7.84. The highest BCUT2D eigenvalue weighted by atomic mass is 16.5. The third-order valence-corrected chi connectivity index (χ3v) is 5.75. The number of methoxy groups -OCH3 is 1. The van der Waals surface area contributed by atoms with E-state index in [1.165, 1.54) is 0 Å². The van der Waals surface area contributed by atoms with E-state index in [1.54, 1.807) is 7.11 Å². The van der Waals surface area contributed by atoms with Gasteiger partial charge in [0.2, 0.25) is 0 Å². The van der Waals surface area contributed by atoms with E-state index in [0.29, 0.717) is 12.3 Å².